The van der Waals surface area contributed by atoms with Crippen LogP contribution in [0.1, 0.15) is 30.2 Å². The second-order valence-corrected chi connectivity index (χ2v) is 8.37. The van der Waals surface area contributed by atoms with E-state index in [0.717, 1.165) is 11.8 Å². The Labute approximate surface area is 186 Å². The molecule has 0 aliphatic heterocycles. The summed E-state index contributed by atoms with van der Waals surface area (Å²) in [5.74, 6) is 0.124. The topological polar surface area (TPSA) is 103 Å². The Bertz CT molecular complexity index is 1130. The highest BCUT2D eigenvalue weighted by Gasteiger charge is 2.23. The molecule has 1 heterocycles. The number of carbonyl (C=O) groups is 1. The maximum atomic E-state index is 11.8. The number of nitro benzene ring substituents is 1. The lowest BCUT2D eigenvalue weighted by Crippen LogP contribution is -2.17. The van der Waals surface area contributed by atoms with Gasteiger partial charge in [0, 0.05) is 35.3 Å². The number of halogens is 2. The average molecular weight is 466 g/mol. The van der Waals surface area contributed by atoms with Gasteiger partial charge in [0.15, 0.2) is 11.0 Å². The largest absolute Gasteiger partial charge is 0.355 e. The number of rotatable bonds is 6. The predicted octanol–water partition coefficient (Wildman–Crippen LogP) is 5.25. The fourth-order valence-corrected chi connectivity index (χ4v) is 4.34. The monoisotopic (exact) mass is 465 g/mol. The van der Waals surface area contributed by atoms with Gasteiger partial charge in [-0.1, -0.05) is 23.2 Å². The van der Waals surface area contributed by atoms with Crippen LogP contribution in [0.15, 0.2) is 46.5 Å². The standard InChI is InChI=1S/C19H17Cl2N5O3S/c1-10(2)25-17(13-6-5-12(20)9-14(13)21)23-24-19(25)30-16-7-4-11(18(27)22-3)8-15(16)26(28)29/h4-10H,1-3H3,(H,22,27). The molecule has 3 aromatic rings. The van der Waals surface area contributed by atoms with Crippen LogP contribution in [0.25, 0.3) is 11.4 Å². The summed E-state index contributed by atoms with van der Waals surface area (Å²) in [6.07, 6.45) is 0. The third-order valence-electron chi connectivity index (χ3n) is 4.20. The molecule has 1 N–H and O–H groups in total. The van der Waals surface area contributed by atoms with Gasteiger partial charge in [0.1, 0.15) is 0 Å². The van der Waals surface area contributed by atoms with E-state index in [4.69, 9.17) is 23.2 Å². The first kappa shape index (κ1) is 22.1. The fourth-order valence-electron chi connectivity index (χ4n) is 2.80. The molecule has 2 aromatic carbocycles. The van der Waals surface area contributed by atoms with E-state index in [2.05, 4.69) is 15.5 Å². The maximum Gasteiger partial charge on any atom is 0.284 e. The van der Waals surface area contributed by atoms with Crippen LogP contribution in [0.4, 0.5) is 5.69 Å². The minimum absolute atomic E-state index is 0.0477. The second kappa shape index (κ2) is 9.03. The highest BCUT2D eigenvalue weighted by atomic mass is 35.5. The zero-order valence-electron chi connectivity index (χ0n) is 16.2. The third kappa shape index (κ3) is 4.43. The Morgan fingerprint density at radius 1 is 1.20 bits per heavy atom. The van der Waals surface area contributed by atoms with Crippen LogP contribution >= 0.6 is 35.0 Å². The summed E-state index contributed by atoms with van der Waals surface area (Å²) in [6.45, 7) is 3.90. The van der Waals surface area contributed by atoms with Crippen LogP contribution < -0.4 is 5.32 Å². The van der Waals surface area contributed by atoms with Crippen molar-refractivity contribution in [2.45, 2.75) is 29.9 Å². The van der Waals surface area contributed by atoms with E-state index in [9.17, 15) is 14.9 Å². The van der Waals surface area contributed by atoms with Gasteiger partial charge in [-0.05, 0) is 55.9 Å². The van der Waals surface area contributed by atoms with Gasteiger partial charge in [0.05, 0.1) is 14.8 Å². The van der Waals surface area contributed by atoms with E-state index < -0.39 is 10.8 Å². The lowest BCUT2D eigenvalue weighted by molar-refractivity contribution is -0.387. The van der Waals surface area contributed by atoms with Gasteiger partial charge in [0.2, 0.25) is 0 Å². The summed E-state index contributed by atoms with van der Waals surface area (Å²) < 4.78 is 1.84. The molecule has 0 aliphatic carbocycles. The second-order valence-electron chi connectivity index (χ2n) is 6.51. The van der Waals surface area contributed by atoms with Crippen LogP contribution in [0, 0.1) is 10.1 Å². The minimum Gasteiger partial charge on any atom is -0.355 e. The Morgan fingerprint density at radius 3 is 2.53 bits per heavy atom. The molecule has 0 saturated carbocycles. The predicted molar refractivity (Wildman–Crippen MR) is 116 cm³/mol. The molecule has 3 rings (SSSR count). The minimum atomic E-state index is -0.526. The number of nitrogens with zero attached hydrogens (tertiary/aromatic N) is 4. The van der Waals surface area contributed by atoms with E-state index in [1.54, 1.807) is 18.2 Å². The van der Waals surface area contributed by atoms with Gasteiger partial charge in [0.25, 0.3) is 11.6 Å². The quantitative estimate of drug-likeness (QED) is 0.393. The zero-order valence-corrected chi connectivity index (χ0v) is 18.5. The van der Waals surface area contributed by atoms with Crippen LogP contribution in [-0.2, 0) is 0 Å². The van der Waals surface area contributed by atoms with Crippen molar-refractivity contribution in [3.8, 4) is 11.4 Å². The molecule has 156 valence electrons. The first-order chi connectivity index (χ1) is 14.2. The Balaban J connectivity index is 2.07. The summed E-state index contributed by atoms with van der Waals surface area (Å²) in [5.41, 5.74) is 0.663. The summed E-state index contributed by atoms with van der Waals surface area (Å²) in [6, 6.07) is 9.33. The molecular weight excluding hydrogens is 449 g/mol. The highest BCUT2D eigenvalue weighted by molar-refractivity contribution is 7.99. The summed E-state index contributed by atoms with van der Waals surface area (Å²) >= 11 is 13.4. The number of hydrogen-bond acceptors (Lipinski definition) is 6. The van der Waals surface area contributed by atoms with Gasteiger partial charge in [-0.25, -0.2) is 0 Å². The van der Waals surface area contributed by atoms with Crippen molar-refractivity contribution in [1.29, 1.82) is 0 Å². The lowest BCUT2D eigenvalue weighted by atomic mass is 10.2. The summed E-state index contributed by atoms with van der Waals surface area (Å²) in [4.78, 5) is 23.2. The normalized spacial score (nSPS) is 11.0. The van der Waals surface area contributed by atoms with E-state index in [0.29, 0.717) is 31.5 Å². The molecule has 0 spiro atoms. The van der Waals surface area contributed by atoms with E-state index >= 15 is 0 Å². The van der Waals surface area contributed by atoms with Crippen LogP contribution in [0.5, 0.6) is 0 Å². The van der Waals surface area contributed by atoms with Gasteiger partial charge in [-0.15, -0.1) is 10.2 Å². The molecule has 0 fully saturated rings. The average Bonchev–Trinajstić information content (AvgIpc) is 3.11. The highest BCUT2D eigenvalue weighted by Crippen LogP contribution is 2.38. The van der Waals surface area contributed by atoms with Crippen molar-refractivity contribution < 1.29 is 9.72 Å². The van der Waals surface area contributed by atoms with E-state index in [-0.39, 0.29) is 17.3 Å². The van der Waals surface area contributed by atoms with Gasteiger partial charge in [-0.3, -0.25) is 19.5 Å². The summed E-state index contributed by atoms with van der Waals surface area (Å²) in [7, 11) is 1.46. The van der Waals surface area contributed by atoms with Crippen LogP contribution in [0.2, 0.25) is 10.0 Å². The van der Waals surface area contributed by atoms with E-state index in [1.165, 1.54) is 25.2 Å². The Hall–Kier alpha value is -2.62. The van der Waals surface area contributed by atoms with Gasteiger partial charge >= 0.3 is 0 Å². The summed E-state index contributed by atoms with van der Waals surface area (Å²) in [5, 5.41) is 23.9. The van der Waals surface area contributed by atoms with Crippen LogP contribution in [-0.4, -0.2) is 32.6 Å². The number of nitrogens with one attached hydrogen (secondary N) is 1. The molecule has 0 saturated heterocycles. The molecule has 30 heavy (non-hydrogen) atoms. The zero-order chi connectivity index (χ0) is 22.0. The van der Waals surface area contributed by atoms with Crippen molar-refractivity contribution >= 4 is 46.6 Å². The number of benzene rings is 2. The van der Waals surface area contributed by atoms with Crippen molar-refractivity contribution in [2.24, 2.45) is 0 Å². The molecule has 1 amide bonds. The van der Waals surface area contributed by atoms with Gasteiger partial charge in [-0.2, -0.15) is 0 Å². The first-order valence-corrected chi connectivity index (χ1v) is 10.4. The van der Waals surface area contributed by atoms with Crippen molar-refractivity contribution in [3.05, 3.63) is 62.1 Å². The third-order valence-corrected chi connectivity index (χ3v) is 5.77. The molecule has 0 unspecified atom stereocenters. The van der Waals surface area contributed by atoms with Gasteiger partial charge < -0.3 is 5.32 Å². The van der Waals surface area contributed by atoms with Crippen molar-refractivity contribution in [2.75, 3.05) is 7.05 Å². The van der Waals surface area contributed by atoms with Crippen molar-refractivity contribution in [3.63, 3.8) is 0 Å². The smallest absolute Gasteiger partial charge is 0.284 e. The SMILES string of the molecule is CNC(=O)c1ccc(Sc2nnc(-c3ccc(Cl)cc3Cl)n2C(C)C)c([N+](=O)[O-])c1. The van der Waals surface area contributed by atoms with Crippen LogP contribution in [0.3, 0.4) is 0 Å². The first-order valence-electron chi connectivity index (χ1n) is 8.81. The number of carbonyl (C=O) groups excluding carboxylic acids is 1. The molecule has 0 atom stereocenters. The number of nitro groups is 1. The maximum absolute atomic E-state index is 11.8. The molecule has 8 nitrogen and oxygen atoms in total. The molecule has 0 aliphatic rings. The number of amides is 1. The molecule has 11 heteroatoms. The number of aromatic nitrogens is 3. The molecule has 0 radical (unpaired) electrons. The number of hydrogen-bond donors (Lipinski definition) is 1. The molecular formula is C19H17Cl2N5O3S. The Kier molecular flexibility index (Phi) is 6.64. The fraction of sp³-hybridized carbons (Fsp3) is 0.211. The van der Waals surface area contributed by atoms with Crippen molar-refractivity contribution in [1.82, 2.24) is 20.1 Å². The Morgan fingerprint density at radius 2 is 1.93 bits per heavy atom. The molecule has 0 bridgehead atoms. The van der Waals surface area contributed by atoms with E-state index in [1.807, 2.05) is 18.4 Å². The lowest BCUT2D eigenvalue weighted by Gasteiger charge is -2.14. The molecule has 1 aromatic heterocycles.